The van der Waals surface area contributed by atoms with E-state index < -0.39 is 70.0 Å². The summed E-state index contributed by atoms with van der Waals surface area (Å²) in [7, 11) is -1.82. The van der Waals surface area contributed by atoms with E-state index in [0.29, 0.717) is 16.9 Å². The number of imide groups is 2. The van der Waals surface area contributed by atoms with Gasteiger partial charge in [-0.2, -0.15) is 0 Å². The minimum Gasteiger partial charge on any atom is -0.491 e. The number of anilines is 2. The van der Waals surface area contributed by atoms with Crippen LogP contribution in [-0.4, -0.2) is 68.9 Å². The highest BCUT2D eigenvalue weighted by Crippen LogP contribution is 2.66. The number of carbonyl (C=O) groups excluding carboxylic acids is 4. The molecule has 3 aromatic carbocycles. The number of hydrogen-bond donors (Lipinski definition) is 3. The maximum atomic E-state index is 14.4. The van der Waals surface area contributed by atoms with Gasteiger partial charge < -0.3 is 19.9 Å². The molecule has 48 heavy (non-hydrogen) atoms. The van der Waals surface area contributed by atoms with E-state index >= 15 is 0 Å². The average Bonchev–Trinajstić information content (AvgIpc) is 3.42. The van der Waals surface area contributed by atoms with E-state index in [1.54, 1.807) is 30.3 Å². The van der Waals surface area contributed by atoms with Crippen LogP contribution in [0, 0.1) is 23.6 Å². The Morgan fingerprint density at radius 3 is 2.25 bits per heavy atom. The molecule has 1 saturated carbocycles. The van der Waals surface area contributed by atoms with Gasteiger partial charge in [0.2, 0.25) is 11.8 Å². The minimum absolute atomic E-state index is 0.0513. The number of alkyl halides is 2. The first kappa shape index (κ1) is 32.5. The second-order valence-corrected chi connectivity index (χ2v) is 13.6. The summed E-state index contributed by atoms with van der Waals surface area (Å²) < 4.78 is 19.4. The third-order valence-electron chi connectivity index (χ3n) is 9.90. The van der Waals surface area contributed by atoms with Gasteiger partial charge in [0, 0.05) is 5.92 Å². The van der Waals surface area contributed by atoms with Crippen LogP contribution in [0.3, 0.4) is 0 Å². The maximum Gasteiger partial charge on any atom is 0.488 e. The molecule has 3 fully saturated rings. The second kappa shape index (κ2) is 11.8. The van der Waals surface area contributed by atoms with Gasteiger partial charge in [-0.05, 0) is 78.3 Å². The molecule has 246 valence electrons. The van der Waals surface area contributed by atoms with Crippen LogP contribution in [-0.2, 0) is 19.2 Å². The number of halogens is 3. The first-order valence-corrected chi connectivity index (χ1v) is 16.1. The molecule has 7 rings (SSSR count). The van der Waals surface area contributed by atoms with Crippen LogP contribution in [0.1, 0.15) is 24.3 Å². The summed E-state index contributed by atoms with van der Waals surface area (Å²) in [4.78, 5) is 54.6. The van der Waals surface area contributed by atoms with Crippen molar-refractivity contribution < 1.29 is 43.5 Å². The van der Waals surface area contributed by atoms with Crippen molar-refractivity contribution in [2.24, 2.45) is 17.8 Å². The zero-order valence-corrected chi connectivity index (χ0v) is 26.6. The summed E-state index contributed by atoms with van der Waals surface area (Å²) in [5.41, 5.74) is 1.41. The highest BCUT2D eigenvalue weighted by atomic mass is 35.5. The van der Waals surface area contributed by atoms with Gasteiger partial charge in [-0.3, -0.25) is 24.1 Å². The van der Waals surface area contributed by atoms with Crippen molar-refractivity contribution in [2.75, 3.05) is 23.0 Å². The molecule has 0 bridgehead atoms. The van der Waals surface area contributed by atoms with E-state index in [2.05, 4.69) is 0 Å². The number of aliphatic hydroxyl groups excluding tert-OH is 1. The van der Waals surface area contributed by atoms with E-state index in [1.165, 1.54) is 36.4 Å². The molecule has 4 aliphatic rings. The Morgan fingerprint density at radius 1 is 0.875 bits per heavy atom. The molecule has 2 heterocycles. The molecule has 2 aliphatic heterocycles. The zero-order valence-electron chi connectivity index (χ0n) is 25.1. The number of amides is 4. The molecule has 0 aromatic heterocycles. The molecule has 0 unspecified atom stereocenters. The first-order valence-electron chi connectivity index (χ1n) is 15.3. The largest absolute Gasteiger partial charge is 0.491 e. The lowest BCUT2D eigenvalue weighted by atomic mass is 9.56. The Morgan fingerprint density at radius 2 is 1.58 bits per heavy atom. The molecular weight excluding hydrogens is 665 g/mol. The molecule has 10 nitrogen and oxygen atoms in total. The molecule has 4 amide bonds. The zero-order chi connectivity index (χ0) is 34.1. The van der Waals surface area contributed by atoms with Gasteiger partial charge in [0.25, 0.3) is 11.8 Å². The SMILES string of the molecule is O=C1[C@H]2[C@H](CC=C3[C@H]2C[C@@]2(Cl)C(=O)N(c4ccc(F)cc4)C(=O)[C@@]2(Cl)[C@H]3c2ccc(OCCO)cc2)C(=O)N1c1cccc(B(O)O)c1. The third-order valence-corrected chi connectivity index (χ3v) is 11.3. The number of allylic oxidation sites excluding steroid dienone is 2. The van der Waals surface area contributed by atoms with E-state index in [-0.39, 0.29) is 42.9 Å². The molecule has 2 aliphatic carbocycles. The molecule has 3 aromatic rings. The van der Waals surface area contributed by atoms with Gasteiger partial charge in [0.15, 0.2) is 9.75 Å². The smallest absolute Gasteiger partial charge is 0.488 e. The van der Waals surface area contributed by atoms with E-state index in [4.69, 9.17) is 27.9 Å². The highest BCUT2D eigenvalue weighted by molar-refractivity contribution is 6.59. The summed E-state index contributed by atoms with van der Waals surface area (Å²) in [5.74, 6) is -6.42. The number of rotatable bonds is 7. The molecule has 2 saturated heterocycles. The number of fused-ring (bicyclic) bond motifs is 4. The standard InChI is InChI=1S/C34H28BCl2FN2O8/c36-33-17-26-24(12-13-25-27(26)30(43)39(29(25)42)22-3-1-2-19(16-22)35(46)47)28(18-4-10-23(11-5-18)48-15-14-41)34(33,37)32(45)40(31(33)44)21-8-6-20(38)7-9-21/h1-12,16,25-28,41,46-47H,13-15,17H2/t25-,26+,27-,28-,33+,34-/m0/s1. The Labute approximate surface area is 284 Å². The van der Waals surface area contributed by atoms with Crippen LogP contribution in [0.5, 0.6) is 5.75 Å². The Kier molecular flexibility index (Phi) is 8.00. The van der Waals surface area contributed by atoms with Crippen molar-refractivity contribution >= 4 is 70.8 Å². The van der Waals surface area contributed by atoms with Gasteiger partial charge in [-0.25, -0.2) is 9.29 Å². The molecular formula is C34H28BCl2FN2O8. The van der Waals surface area contributed by atoms with Crippen molar-refractivity contribution in [3.8, 4) is 5.75 Å². The summed E-state index contributed by atoms with van der Waals surface area (Å²) in [5, 5.41) is 28.6. The normalized spacial score (nSPS) is 29.4. The minimum atomic E-state index is -2.09. The fourth-order valence-electron chi connectivity index (χ4n) is 7.77. The number of hydrogen-bond acceptors (Lipinski definition) is 8. The Bertz CT molecular complexity index is 1880. The summed E-state index contributed by atoms with van der Waals surface area (Å²) in [6.45, 7) is -0.152. The molecule has 0 spiro atoms. The summed E-state index contributed by atoms with van der Waals surface area (Å²) in [6.07, 6.45) is 1.69. The molecule has 0 radical (unpaired) electrons. The van der Waals surface area contributed by atoms with E-state index in [1.807, 2.05) is 0 Å². The van der Waals surface area contributed by atoms with Crippen LogP contribution < -0.4 is 20.0 Å². The van der Waals surface area contributed by atoms with Crippen LogP contribution in [0.15, 0.2) is 84.4 Å². The van der Waals surface area contributed by atoms with Crippen LogP contribution >= 0.6 is 23.2 Å². The fraction of sp³-hybridized carbons (Fsp3) is 0.294. The monoisotopic (exact) mass is 692 g/mol. The van der Waals surface area contributed by atoms with E-state index in [9.17, 15) is 38.7 Å². The van der Waals surface area contributed by atoms with E-state index in [0.717, 1.165) is 21.9 Å². The van der Waals surface area contributed by atoms with Crippen molar-refractivity contribution in [2.45, 2.75) is 28.5 Å². The Hall–Kier alpha value is -4.07. The maximum absolute atomic E-state index is 14.4. The van der Waals surface area contributed by atoms with Crippen LogP contribution in [0.4, 0.5) is 15.8 Å². The topological polar surface area (TPSA) is 145 Å². The van der Waals surface area contributed by atoms with Crippen molar-refractivity contribution in [1.82, 2.24) is 0 Å². The van der Waals surface area contributed by atoms with Crippen molar-refractivity contribution in [3.63, 3.8) is 0 Å². The number of nitrogens with zero attached hydrogens (tertiary/aromatic N) is 2. The lowest BCUT2D eigenvalue weighted by Crippen LogP contribution is -2.60. The van der Waals surface area contributed by atoms with Gasteiger partial charge >= 0.3 is 7.12 Å². The second-order valence-electron chi connectivity index (χ2n) is 12.4. The molecule has 14 heteroatoms. The van der Waals surface area contributed by atoms with Gasteiger partial charge in [0.1, 0.15) is 18.2 Å². The van der Waals surface area contributed by atoms with Gasteiger partial charge in [-0.1, -0.05) is 35.9 Å². The third kappa shape index (κ3) is 4.65. The fourth-order valence-corrected chi connectivity index (χ4v) is 8.71. The first-order chi connectivity index (χ1) is 22.9. The average molecular weight is 693 g/mol. The molecule has 6 atom stereocenters. The number of benzene rings is 3. The van der Waals surface area contributed by atoms with Gasteiger partial charge in [-0.15, -0.1) is 23.2 Å². The summed E-state index contributed by atoms with van der Waals surface area (Å²) in [6, 6.07) is 17.2. The highest BCUT2D eigenvalue weighted by Gasteiger charge is 2.76. The van der Waals surface area contributed by atoms with Crippen molar-refractivity contribution in [3.05, 3.63) is 95.8 Å². The lowest BCUT2D eigenvalue weighted by Gasteiger charge is -2.50. The molecule has 3 N–H and O–H groups in total. The number of ether oxygens (including phenoxy) is 1. The Balaban J connectivity index is 1.35. The lowest BCUT2D eigenvalue weighted by molar-refractivity contribution is -0.125. The predicted molar refractivity (Wildman–Crippen MR) is 174 cm³/mol. The van der Waals surface area contributed by atoms with Crippen LogP contribution in [0.25, 0.3) is 0 Å². The summed E-state index contributed by atoms with van der Waals surface area (Å²) >= 11 is 14.7. The van der Waals surface area contributed by atoms with Crippen LogP contribution in [0.2, 0.25) is 0 Å². The van der Waals surface area contributed by atoms with Gasteiger partial charge in [0.05, 0.1) is 29.8 Å². The number of aliphatic hydroxyl groups is 1. The predicted octanol–water partition coefficient (Wildman–Crippen LogP) is 2.64. The van der Waals surface area contributed by atoms with Crippen molar-refractivity contribution in [1.29, 1.82) is 0 Å². The quantitative estimate of drug-likeness (QED) is 0.148. The number of carbonyl (C=O) groups is 4.